The smallest absolute Gasteiger partial charge is 0.258 e. The van der Waals surface area contributed by atoms with E-state index in [9.17, 15) is 14.4 Å². The van der Waals surface area contributed by atoms with Crippen molar-refractivity contribution >= 4 is 65.2 Å². The Balaban J connectivity index is 0.00000152. The molecular formula is C23H27Cl2N7O3S. The number of nitrogens with zero attached hydrogens (tertiary/aromatic N) is 5. The Morgan fingerprint density at radius 3 is 2.58 bits per heavy atom. The minimum absolute atomic E-state index is 0. The van der Waals surface area contributed by atoms with Crippen LogP contribution >= 0.6 is 36.6 Å². The van der Waals surface area contributed by atoms with Crippen LogP contribution in [0.15, 0.2) is 54.9 Å². The van der Waals surface area contributed by atoms with Gasteiger partial charge in [-0.15, -0.1) is 36.6 Å². The molecule has 0 radical (unpaired) electrons. The Morgan fingerprint density at radius 2 is 1.81 bits per heavy atom. The van der Waals surface area contributed by atoms with Crippen LogP contribution in [0.1, 0.15) is 18.9 Å². The molecule has 13 heteroatoms. The van der Waals surface area contributed by atoms with Crippen LogP contribution in [0, 0.1) is 0 Å². The number of piperidine rings is 1. The van der Waals surface area contributed by atoms with Crippen molar-refractivity contribution in [3.8, 4) is 0 Å². The number of nitrogens with one attached hydrogen (secondary N) is 2. The SMILES string of the molecule is Cl.Cl.O=C1CSC2=CN=C(CNC3CCN(C[C@@H]4Cn5c(=O)ccc6ccc(=O)n4c65)CC3)NC2=N1. The number of rotatable bonds is 5. The largest absolute Gasteiger partial charge is 0.326 e. The van der Waals surface area contributed by atoms with Gasteiger partial charge in [-0.1, -0.05) is 0 Å². The van der Waals surface area contributed by atoms with Crippen molar-refractivity contribution < 1.29 is 4.79 Å². The highest BCUT2D eigenvalue weighted by Gasteiger charge is 2.29. The van der Waals surface area contributed by atoms with Gasteiger partial charge in [-0.05, 0) is 38.1 Å². The number of carbonyl (C=O) groups is 1. The Hall–Kier alpha value is -2.44. The maximum atomic E-state index is 12.6. The molecule has 4 aliphatic rings. The zero-order valence-electron chi connectivity index (χ0n) is 19.4. The number of amidine groups is 2. The third-order valence-electron chi connectivity index (χ3n) is 6.85. The van der Waals surface area contributed by atoms with Crippen molar-refractivity contribution in [1.29, 1.82) is 0 Å². The fourth-order valence-corrected chi connectivity index (χ4v) is 5.86. The number of carbonyl (C=O) groups excluding carboxylic acids is 1. The number of aliphatic imine (C=N–C) groups is 2. The van der Waals surface area contributed by atoms with E-state index in [2.05, 4.69) is 25.5 Å². The van der Waals surface area contributed by atoms with Gasteiger partial charge in [0.2, 0.25) is 0 Å². The maximum absolute atomic E-state index is 12.6. The van der Waals surface area contributed by atoms with E-state index in [0.29, 0.717) is 30.7 Å². The number of hydrogen-bond acceptors (Lipinski definition) is 8. The Morgan fingerprint density at radius 1 is 1.06 bits per heavy atom. The third kappa shape index (κ3) is 5.03. The molecule has 2 aromatic rings. The first-order chi connectivity index (χ1) is 16.5. The molecule has 0 aromatic carbocycles. The van der Waals surface area contributed by atoms with Crippen LogP contribution in [0.25, 0.3) is 11.0 Å². The van der Waals surface area contributed by atoms with E-state index in [4.69, 9.17) is 0 Å². The van der Waals surface area contributed by atoms with Gasteiger partial charge in [-0.2, -0.15) is 4.99 Å². The van der Waals surface area contributed by atoms with Gasteiger partial charge in [0.05, 0.1) is 23.2 Å². The highest BCUT2D eigenvalue weighted by molar-refractivity contribution is 8.04. The lowest BCUT2D eigenvalue weighted by Crippen LogP contribution is -2.48. The van der Waals surface area contributed by atoms with Crippen molar-refractivity contribution in [1.82, 2.24) is 24.7 Å². The summed E-state index contributed by atoms with van der Waals surface area (Å²) in [6, 6.07) is 7.10. The minimum Gasteiger partial charge on any atom is -0.326 e. The van der Waals surface area contributed by atoms with Gasteiger partial charge in [-0.25, -0.2) is 4.99 Å². The molecule has 2 aromatic heterocycles. The summed E-state index contributed by atoms with van der Waals surface area (Å²) >= 11 is 1.46. The number of fused-ring (bicyclic) bond motifs is 1. The summed E-state index contributed by atoms with van der Waals surface area (Å²) < 4.78 is 3.53. The molecule has 4 aliphatic heterocycles. The zero-order valence-corrected chi connectivity index (χ0v) is 21.8. The van der Waals surface area contributed by atoms with Crippen LogP contribution < -0.4 is 21.8 Å². The fourth-order valence-electron chi connectivity index (χ4n) is 5.15. The standard InChI is InChI=1S/C23H25N7O3S.2ClH/c31-19-13-34-17-9-25-18(26-22(17)27-19)10-24-15-5-7-28(8-6-15)11-16-12-29-20(32)3-1-14-2-4-21(33)30(16)23(14)29;;/h1-4,9,15-16,24H,5-8,10-13H2,(H,25,26,27,31);2*1H/t16-;;/m1../s1. The van der Waals surface area contributed by atoms with Gasteiger partial charge in [0.25, 0.3) is 17.0 Å². The average Bonchev–Trinajstić information content (AvgIpc) is 3.23. The number of pyridine rings is 2. The predicted octanol–water partition coefficient (Wildman–Crippen LogP) is 1.13. The number of likely N-dealkylation sites (tertiary alicyclic amines) is 1. The van der Waals surface area contributed by atoms with Crippen molar-refractivity contribution in [3.05, 3.63) is 56.1 Å². The molecule has 2 N–H and O–H groups in total. The first kappa shape index (κ1) is 26.6. The molecule has 192 valence electrons. The van der Waals surface area contributed by atoms with Crippen molar-refractivity contribution in [2.45, 2.75) is 31.5 Å². The lowest BCUT2D eigenvalue weighted by atomic mass is 10.0. The second kappa shape index (κ2) is 10.9. The van der Waals surface area contributed by atoms with Crippen LogP contribution in [0.5, 0.6) is 0 Å². The highest BCUT2D eigenvalue weighted by atomic mass is 35.5. The molecule has 0 bridgehead atoms. The number of thioether (sulfide) groups is 1. The van der Waals surface area contributed by atoms with E-state index >= 15 is 0 Å². The zero-order chi connectivity index (χ0) is 23.2. The molecule has 0 aliphatic carbocycles. The van der Waals surface area contributed by atoms with Crippen LogP contribution in [-0.2, 0) is 11.3 Å². The van der Waals surface area contributed by atoms with E-state index in [1.54, 1.807) is 39.6 Å². The van der Waals surface area contributed by atoms with E-state index in [0.717, 1.165) is 54.3 Å². The number of amides is 1. The molecule has 1 amide bonds. The van der Waals surface area contributed by atoms with Gasteiger partial charge in [-0.3, -0.25) is 23.5 Å². The van der Waals surface area contributed by atoms with Gasteiger partial charge in [0, 0.05) is 42.9 Å². The summed E-state index contributed by atoms with van der Waals surface area (Å²) in [5, 5.41) is 7.65. The molecule has 1 fully saturated rings. The van der Waals surface area contributed by atoms with Crippen LogP contribution in [0.4, 0.5) is 0 Å². The number of halogens is 2. The molecule has 0 unspecified atom stereocenters. The molecular weight excluding hydrogens is 525 g/mol. The normalized spacial score (nSPS) is 21.5. The van der Waals surface area contributed by atoms with E-state index < -0.39 is 0 Å². The molecule has 1 atom stereocenters. The van der Waals surface area contributed by atoms with Crippen molar-refractivity contribution in [2.75, 3.05) is 31.9 Å². The lowest BCUT2D eigenvalue weighted by Gasteiger charge is -2.34. The second-order valence-corrected chi connectivity index (χ2v) is 10.1. The third-order valence-corrected chi connectivity index (χ3v) is 7.85. The Kier molecular flexibility index (Phi) is 8.06. The Labute approximate surface area is 223 Å². The van der Waals surface area contributed by atoms with E-state index in [1.807, 2.05) is 0 Å². The summed E-state index contributed by atoms with van der Waals surface area (Å²) in [7, 11) is 0. The second-order valence-electron chi connectivity index (χ2n) is 9.05. The van der Waals surface area contributed by atoms with Crippen LogP contribution in [0.3, 0.4) is 0 Å². The molecule has 1 saturated heterocycles. The molecule has 0 saturated carbocycles. The van der Waals surface area contributed by atoms with Gasteiger partial charge >= 0.3 is 0 Å². The van der Waals surface area contributed by atoms with Crippen molar-refractivity contribution in [2.24, 2.45) is 9.98 Å². The van der Waals surface area contributed by atoms with E-state index in [-0.39, 0.29) is 47.9 Å². The summed E-state index contributed by atoms with van der Waals surface area (Å²) in [6.45, 7) is 3.72. The average molecular weight is 552 g/mol. The topological polar surface area (TPSA) is 113 Å². The fraction of sp³-hybridized carbons (Fsp3) is 0.435. The molecule has 6 heterocycles. The first-order valence-electron chi connectivity index (χ1n) is 11.5. The molecule has 0 spiro atoms. The Bertz CT molecular complexity index is 1390. The van der Waals surface area contributed by atoms with Crippen LogP contribution in [-0.4, -0.2) is 69.6 Å². The predicted molar refractivity (Wildman–Crippen MR) is 147 cm³/mol. The highest BCUT2D eigenvalue weighted by Crippen LogP contribution is 2.25. The lowest BCUT2D eigenvalue weighted by molar-refractivity contribution is -0.115. The van der Waals surface area contributed by atoms with Gasteiger partial charge < -0.3 is 15.5 Å². The van der Waals surface area contributed by atoms with Crippen LogP contribution in [0.2, 0.25) is 0 Å². The molecule has 36 heavy (non-hydrogen) atoms. The molecule has 10 nitrogen and oxygen atoms in total. The summed E-state index contributed by atoms with van der Waals surface area (Å²) in [4.78, 5) is 48.4. The van der Waals surface area contributed by atoms with Gasteiger partial charge in [0.1, 0.15) is 11.5 Å². The van der Waals surface area contributed by atoms with Crippen molar-refractivity contribution in [3.63, 3.8) is 0 Å². The van der Waals surface area contributed by atoms with Gasteiger partial charge in [0.15, 0.2) is 5.84 Å². The minimum atomic E-state index is -0.125. The van der Waals surface area contributed by atoms with E-state index in [1.165, 1.54) is 11.8 Å². The monoisotopic (exact) mass is 551 g/mol. The number of aromatic nitrogens is 2. The summed E-state index contributed by atoms with van der Waals surface area (Å²) in [5.74, 6) is 1.61. The summed E-state index contributed by atoms with van der Waals surface area (Å²) in [6.07, 6.45) is 3.75. The number of hydrogen-bond donors (Lipinski definition) is 2. The maximum Gasteiger partial charge on any atom is 0.258 e. The quantitative estimate of drug-likeness (QED) is 0.572. The first-order valence-corrected chi connectivity index (χ1v) is 12.5. The summed E-state index contributed by atoms with van der Waals surface area (Å²) in [5.41, 5.74) is 0.634. The molecule has 6 rings (SSSR count).